The summed E-state index contributed by atoms with van der Waals surface area (Å²) in [5.74, 6) is -2.08. The number of hydrogen-bond acceptors (Lipinski definition) is 7. The predicted molar refractivity (Wildman–Crippen MR) is 105 cm³/mol. The van der Waals surface area contributed by atoms with Gasteiger partial charge in [0.2, 0.25) is 26.0 Å². The summed E-state index contributed by atoms with van der Waals surface area (Å²) in [7, 11) is -6.27. The fourth-order valence-corrected chi connectivity index (χ4v) is 7.26. The Kier molecular flexibility index (Phi) is 5.76. The van der Waals surface area contributed by atoms with Crippen molar-refractivity contribution in [1.29, 1.82) is 0 Å². The number of ether oxygens (including phenoxy) is 1. The molecular formula is C18H24N2O7S2. The molecule has 1 aromatic carbocycles. The van der Waals surface area contributed by atoms with Gasteiger partial charge in [0.1, 0.15) is 0 Å². The van der Waals surface area contributed by atoms with E-state index in [1.165, 1.54) is 29.6 Å². The standard InChI is InChI=1S/C18H24N2O7S2/c1-12-10-15(20-17(21)13(2)11-28(20,23)24)4-5-16(12)29(25,26)19-8-6-14(7-9-19)18(22)27-3/h4-5,10,13-14H,6-9,11H2,1-3H3. The Morgan fingerprint density at radius 3 is 2.31 bits per heavy atom. The molecule has 2 aliphatic heterocycles. The minimum Gasteiger partial charge on any atom is -0.469 e. The number of nitrogens with zero attached hydrogens (tertiary/aromatic N) is 2. The van der Waals surface area contributed by atoms with Gasteiger partial charge >= 0.3 is 5.97 Å². The van der Waals surface area contributed by atoms with Gasteiger partial charge in [0.25, 0.3) is 0 Å². The van der Waals surface area contributed by atoms with Crippen molar-refractivity contribution in [3.05, 3.63) is 23.8 Å². The van der Waals surface area contributed by atoms with E-state index < -0.39 is 31.9 Å². The van der Waals surface area contributed by atoms with Gasteiger partial charge in [-0.05, 0) is 43.5 Å². The zero-order valence-corrected chi connectivity index (χ0v) is 18.1. The van der Waals surface area contributed by atoms with Crippen molar-refractivity contribution >= 4 is 37.6 Å². The number of sulfonamides is 2. The van der Waals surface area contributed by atoms with Crippen LogP contribution in [0.5, 0.6) is 0 Å². The Labute approximate surface area is 170 Å². The number of rotatable bonds is 4. The average molecular weight is 445 g/mol. The Morgan fingerprint density at radius 2 is 1.83 bits per heavy atom. The van der Waals surface area contributed by atoms with E-state index in [-0.39, 0.29) is 41.3 Å². The van der Waals surface area contributed by atoms with Crippen LogP contribution in [0.2, 0.25) is 0 Å². The lowest BCUT2D eigenvalue weighted by Gasteiger charge is -2.30. The highest BCUT2D eigenvalue weighted by Crippen LogP contribution is 2.32. The summed E-state index contributed by atoms with van der Waals surface area (Å²) in [6, 6.07) is 4.08. The first-order valence-corrected chi connectivity index (χ1v) is 12.3. The SMILES string of the molecule is COC(=O)C1CCN(S(=O)(=O)c2ccc(N3C(=O)C(C)CS3(=O)=O)cc2C)CC1. The second-order valence-corrected chi connectivity index (χ2v) is 11.2. The monoisotopic (exact) mass is 444 g/mol. The van der Waals surface area contributed by atoms with E-state index in [9.17, 15) is 26.4 Å². The van der Waals surface area contributed by atoms with Gasteiger partial charge in [0.15, 0.2) is 0 Å². The van der Waals surface area contributed by atoms with Crippen LogP contribution in [0.4, 0.5) is 5.69 Å². The highest BCUT2D eigenvalue weighted by molar-refractivity contribution is 7.94. The molecule has 1 unspecified atom stereocenters. The van der Waals surface area contributed by atoms with Crippen LogP contribution in [0.25, 0.3) is 0 Å². The summed E-state index contributed by atoms with van der Waals surface area (Å²) >= 11 is 0. The molecule has 2 aliphatic rings. The number of esters is 1. The first-order chi connectivity index (χ1) is 13.5. The minimum atomic E-state index is -3.81. The molecule has 1 atom stereocenters. The molecule has 2 saturated heterocycles. The van der Waals surface area contributed by atoms with E-state index in [2.05, 4.69) is 0 Å². The number of benzene rings is 1. The van der Waals surface area contributed by atoms with E-state index in [0.717, 1.165) is 4.31 Å². The quantitative estimate of drug-likeness (QED) is 0.633. The molecule has 1 amide bonds. The summed E-state index contributed by atoms with van der Waals surface area (Å²) < 4.78 is 57.4. The van der Waals surface area contributed by atoms with Crippen molar-refractivity contribution in [2.75, 3.05) is 30.3 Å². The van der Waals surface area contributed by atoms with Crippen molar-refractivity contribution in [3.8, 4) is 0 Å². The smallest absolute Gasteiger partial charge is 0.308 e. The van der Waals surface area contributed by atoms with Crippen LogP contribution in [0.15, 0.2) is 23.1 Å². The van der Waals surface area contributed by atoms with Crippen molar-refractivity contribution < 1.29 is 31.2 Å². The molecule has 0 radical (unpaired) electrons. The van der Waals surface area contributed by atoms with Gasteiger partial charge in [-0.1, -0.05) is 6.92 Å². The molecule has 2 fully saturated rings. The third-order valence-electron chi connectivity index (χ3n) is 5.36. The Hall–Kier alpha value is -1.98. The number of carbonyl (C=O) groups is 2. The first kappa shape index (κ1) is 21.7. The molecule has 2 heterocycles. The molecule has 11 heteroatoms. The van der Waals surface area contributed by atoms with E-state index in [1.807, 2.05) is 0 Å². The Balaban J connectivity index is 1.85. The summed E-state index contributed by atoms with van der Waals surface area (Å²) in [5, 5.41) is 0. The van der Waals surface area contributed by atoms with E-state index in [0.29, 0.717) is 18.4 Å². The number of anilines is 1. The number of amides is 1. The average Bonchev–Trinajstić information content (AvgIpc) is 2.87. The van der Waals surface area contributed by atoms with Gasteiger partial charge in [-0.15, -0.1) is 0 Å². The van der Waals surface area contributed by atoms with Gasteiger partial charge in [0.05, 0.1) is 35.3 Å². The minimum absolute atomic E-state index is 0.0508. The van der Waals surface area contributed by atoms with Crippen LogP contribution in [-0.2, 0) is 34.4 Å². The molecule has 1 aromatic rings. The van der Waals surface area contributed by atoms with Gasteiger partial charge < -0.3 is 4.74 Å². The Bertz CT molecular complexity index is 1040. The summed E-state index contributed by atoms with van der Waals surface area (Å²) in [4.78, 5) is 23.9. The highest BCUT2D eigenvalue weighted by Gasteiger charge is 2.42. The van der Waals surface area contributed by atoms with Crippen molar-refractivity contribution in [1.82, 2.24) is 4.31 Å². The van der Waals surface area contributed by atoms with E-state index in [4.69, 9.17) is 4.74 Å². The van der Waals surface area contributed by atoms with Crippen molar-refractivity contribution in [3.63, 3.8) is 0 Å². The van der Waals surface area contributed by atoms with Gasteiger partial charge in [-0.25, -0.2) is 21.1 Å². The molecule has 0 bridgehead atoms. The summed E-state index contributed by atoms with van der Waals surface area (Å²) in [6.45, 7) is 3.50. The second kappa shape index (κ2) is 7.69. The van der Waals surface area contributed by atoms with Crippen LogP contribution in [0.1, 0.15) is 25.3 Å². The molecule has 0 N–H and O–H groups in total. The zero-order valence-electron chi connectivity index (χ0n) is 16.5. The van der Waals surface area contributed by atoms with Gasteiger partial charge in [-0.3, -0.25) is 9.59 Å². The van der Waals surface area contributed by atoms with E-state index in [1.54, 1.807) is 13.8 Å². The highest BCUT2D eigenvalue weighted by atomic mass is 32.2. The van der Waals surface area contributed by atoms with Crippen LogP contribution < -0.4 is 4.31 Å². The maximum absolute atomic E-state index is 13.0. The van der Waals surface area contributed by atoms with Gasteiger partial charge in [-0.2, -0.15) is 4.31 Å². The second-order valence-electron chi connectivity index (χ2n) is 7.43. The molecular weight excluding hydrogens is 420 g/mol. The lowest BCUT2D eigenvalue weighted by molar-refractivity contribution is -0.146. The van der Waals surface area contributed by atoms with Crippen molar-refractivity contribution in [2.45, 2.75) is 31.6 Å². The molecule has 160 valence electrons. The number of hydrogen-bond donors (Lipinski definition) is 0. The third kappa shape index (κ3) is 3.90. The maximum Gasteiger partial charge on any atom is 0.308 e. The van der Waals surface area contributed by atoms with E-state index >= 15 is 0 Å². The topological polar surface area (TPSA) is 118 Å². The van der Waals surface area contributed by atoms with Crippen LogP contribution in [0.3, 0.4) is 0 Å². The number of aryl methyl sites for hydroxylation is 1. The fraction of sp³-hybridized carbons (Fsp3) is 0.556. The van der Waals surface area contributed by atoms with Crippen molar-refractivity contribution in [2.24, 2.45) is 11.8 Å². The molecule has 0 aliphatic carbocycles. The normalized spacial score (nSPS) is 23.3. The summed E-state index contributed by atoms with van der Waals surface area (Å²) in [6.07, 6.45) is 0.753. The lowest BCUT2D eigenvalue weighted by Crippen LogP contribution is -2.40. The molecule has 0 spiro atoms. The summed E-state index contributed by atoms with van der Waals surface area (Å²) in [5.41, 5.74) is 0.486. The lowest BCUT2D eigenvalue weighted by atomic mass is 9.99. The first-order valence-electron chi connectivity index (χ1n) is 9.24. The molecule has 0 aromatic heterocycles. The zero-order chi connectivity index (χ0) is 21.6. The third-order valence-corrected chi connectivity index (χ3v) is 9.29. The predicted octanol–water partition coefficient (Wildman–Crippen LogP) is 0.881. The molecule has 3 rings (SSSR count). The fourth-order valence-electron chi connectivity index (χ4n) is 3.77. The van der Waals surface area contributed by atoms with Crippen LogP contribution >= 0.6 is 0 Å². The number of piperidine rings is 1. The van der Waals surface area contributed by atoms with Gasteiger partial charge in [0, 0.05) is 13.1 Å². The number of carbonyl (C=O) groups excluding carboxylic acids is 2. The molecule has 0 saturated carbocycles. The van der Waals surface area contributed by atoms with Crippen LogP contribution in [0, 0.1) is 18.8 Å². The molecule has 29 heavy (non-hydrogen) atoms. The Morgan fingerprint density at radius 1 is 1.21 bits per heavy atom. The number of methoxy groups -OCH3 is 1. The maximum atomic E-state index is 13.0. The molecule has 9 nitrogen and oxygen atoms in total. The largest absolute Gasteiger partial charge is 0.469 e. The van der Waals surface area contributed by atoms with Crippen LogP contribution in [-0.4, -0.2) is 59.0 Å².